The predicted octanol–water partition coefficient (Wildman–Crippen LogP) is 2.74. The zero-order chi connectivity index (χ0) is 8.69. The van der Waals surface area contributed by atoms with Gasteiger partial charge in [-0.25, -0.2) is 0 Å². The molecule has 1 saturated heterocycles. The van der Waals surface area contributed by atoms with Crippen molar-refractivity contribution in [2.24, 2.45) is 5.92 Å². The van der Waals surface area contributed by atoms with Gasteiger partial charge in [-0.1, -0.05) is 13.8 Å². The van der Waals surface area contributed by atoms with Crippen LogP contribution >= 0.6 is 11.8 Å². The molecule has 2 heteroatoms. The number of rotatable bonds is 1. The summed E-state index contributed by atoms with van der Waals surface area (Å²) < 4.78 is 0. The van der Waals surface area contributed by atoms with Gasteiger partial charge in [-0.3, -0.25) is 4.79 Å². The molecule has 0 atom stereocenters. The number of hydrogen-bond donors (Lipinski definition) is 0. The normalized spacial score (nSPS) is 18.5. The van der Waals surface area contributed by atoms with Crippen molar-refractivity contribution in [3.8, 4) is 0 Å². The Labute approximate surface area is 73.9 Å². The van der Waals surface area contributed by atoms with Crippen LogP contribution in [0.4, 0.5) is 0 Å². The van der Waals surface area contributed by atoms with Crippen LogP contribution in [0.25, 0.3) is 0 Å². The molecule has 0 radical (unpaired) electrons. The summed E-state index contributed by atoms with van der Waals surface area (Å²) in [7, 11) is 0. The van der Waals surface area contributed by atoms with E-state index in [4.69, 9.17) is 0 Å². The molecule has 1 fully saturated rings. The van der Waals surface area contributed by atoms with Gasteiger partial charge in [0.1, 0.15) is 5.78 Å². The van der Waals surface area contributed by atoms with Crippen molar-refractivity contribution in [3.63, 3.8) is 0 Å². The van der Waals surface area contributed by atoms with Crippen molar-refractivity contribution in [1.82, 2.24) is 0 Å². The van der Waals surface area contributed by atoms with Crippen molar-refractivity contribution in [1.29, 1.82) is 0 Å². The first kappa shape index (κ1) is 11.0. The standard InChI is InChI=1S/C7H12OS.C2H6/c1-6(8)7-2-4-9-5-3-7;1-2/h7H,2-5H2,1H3;1-2H3. The fourth-order valence-electron chi connectivity index (χ4n) is 1.10. The van der Waals surface area contributed by atoms with Crippen LogP contribution in [0.1, 0.15) is 33.6 Å². The Balaban J connectivity index is 0.000000461. The summed E-state index contributed by atoms with van der Waals surface area (Å²) in [5, 5.41) is 0. The molecule has 0 amide bonds. The quantitative estimate of drug-likeness (QED) is 0.608. The van der Waals surface area contributed by atoms with Crippen LogP contribution < -0.4 is 0 Å². The molecule has 0 aromatic heterocycles. The second-order valence-electron chi connectivity index (χ2n) is 2.50. The summed E-state index contributed by atoms with van der Waals surface area (Å²) in [6, 6.07) is 0. The molecule has 1 nitrogen and oxygen atoms in total. The van der Waals surface area contributed by atoms with E-state index in [0.717, 1.165) is 12.8 Å². The molecule has 0 saturated carbocycles. The zero-order valence-electron chi connectivity index (χ0n) is 7.72. The third-order valence-corrected chi connectivity index (χ3v) is 2.84. The van der Waals surface area contributed by atoms with E-state index in [-0.39, 0.29) is 0 Å². The molecule has 0 bridgehead atoms. The van der Waals surface area contributed by atoms with E-state index in [1.54, 1.807) is 6.92 Å². The Morgan fingerprint density at radius 2 is 1.73 bits per heavy atom. The number of carbonyl (C=O) groups is 1. The second kappa shape index (κ2) is 6.71. The molecule has 0 aliphatic carbocycles. The Morgan fingerprint density at radius 3 is 2.00 bits per heavy atom. The van der Waals surface area contributed by atoms with Gasteiger partial charge < -0.3 is 0 Å². The van der Waals surface area contributed by atoms with Gasteiger partial charge in [0, 0.05) is 5.92 Å². The highest BCUT2D eigenvalue weighted by atomic mass is 32.2. The second-order valence-corrected chi connectivity index (χ2v) is 3.72. The number of ketones is 1. The molecule has 1 heterocycles. The van der Waals surface area contributed by atoms with E-state index < -0.39 is 0 Å². The molecular formula is C9H18OS. The monoisotopic (exact) mass is 174 g/mol. The van der Waals surface area contributed by atoms with Gasteiger partial charge in [-0.2, -0.15) is 11.8 Å². The minimum atomic E-state index is 0.385. The third-order valence-electron chi connectivity index (χ3n) is 1.80. The van der Waals surface area contributed by atoms with Crippen molar-refractivity contribution >= 4 is 17.5 Å². The van der Waals surface area contributed by atoms with Gasteiger partial charge >= 0.3 is 0 Å². The van der Waals surface area contributed by atoms with Gasteiger partial charge in [0.05, 0.1) is 0 Å². The van der Waals surface area contributed by atoms with Gasteiger partial charge in [-0.15, -0.1) is 0 Å². The minimum absolute atomic E-state index is 0.385. The first-order valence-corrected chi connectivity index (χ1v) is 5.54. The largest absolute Gasteiger partial charge is 0.300 e. The maximum Gasteiger partial charge on any atom is 0.132 e. The number of Topliss-reactive ketones (excluding diaryl/α,β-unsaturated/α-hetero) is 1. The molecule has 0 aromatic carbocycles. The third kappa shape index (κ3) is 4.46. The Hall–Kier alpha value is 0.0200. The van der Waals surface area contributed by atoms with Crippen LogP contribution in [0.15, 0.2) is 0 Å². The molecule has 0 unspecified atom stereocenters. The van der Waals surface area contributed by atoms with Crippen molar-refractivity contribution in [2.45, 2.75) is 33.6 Å². The van der Waals surface area contributed by atoms with Gasteiger partial charge in [0.25, 0.3) is 0 Å². The Morgan fingerprint density at radius 1 is 1.27 bits per heavy atom. The molecule has 11 heavy (non-hydrogen) atoms. The highest BCUT2D eigenvalue weighted by Crippen LogP contribution is 2.22. The van der Waals surface area contributed by atoms with Crippen molar-refractivity contribution in [3.05, 3.63) is 0 Å². The lowest BCUT2D eigenvalue weighted by Crippen LogP contribution is -2.16. The first-order chi connectivity index (χ1) is 5.30. The Kier molecular flexibility index (Phi) is 6.73. The molecule has 66 valence electrons. The number of thioether (sulfide) groups is 1. The van der Waals surface area contributed by atoms with Crippen LogP contribution in [0.2, 0.25) is 0 Å². The van der Waals surface area contributed by atoms with Crippen LogP contribution in [0, 0.1) is 5.92 Å². The summed E-state index contributed by atoms with van der Waals surface area (Å²) in [6.45, 7) is 5.71. The van der Waals surface area contributed by atoms with E-state index in [1.165, 1.54) is 11.5 Å². The van der Waals surface area contributed by atoms with Gasteiger partial charge in [0.15, 0.2) is 0 Å². The van der Waals surface area contributed by atoms with Crippen LogP contribution in [0.5, 0.6) is 0 Å². The van der Waals surface area contributed by atoms with Crippen molar-refractivity contribution in [2.75, 3.05) is 11.5 Å². The zero-order valence-corrected chi connectivity index (χ0v) is 8.54. The van der Waals surface area contributed by atoms with Crippen molar-refractivity contribution < 1.29 is 4.79 Å². The number of carbonyl (C=O) groups excluding carboxylic acids is 1. The van der Waals surface area contributed by atoms with Gasteiger partial charge in [0.2, 0.25) is 0 Å². The summed E-state index contributed by atoms with van der Waals surface area (Å²) in [5.74, 6) is 3.15. The fourth-order valence-corrected chi connectivity index (χ4v) is 2.21. The summed E-state index contributed by atoms with van der Waals surface area (Å²) in [4.78, 5) is 10.8. The molecule has 1 aliphatic rings. The predicted molar refractivity (Wildman–Crippen MR) is 52.1 cm³/mol. The average Bonchev–Trinajstić information content (AvgIpc) is 2.10. The van der Waals surface area contributed by atoms with Gasteiger partial charge in [-0.05, 0) is 31.3 Å². The molecule has 0 spiro atoms. The van der Waals surface area contributed by atoms with Crippen LogP contribution in [0.3, 0.4) is 0 Å². The van der Waals surface area contributed by atoms with Crippen LogP contribution in [-0.4, -0.2) is 17.3 Å². The van der Waals surface area contributed by atoms with E-state index in [1.807, 2.05) is 25.6 Å². The molecular weight excluding hydrogens is 156 g/mol. The summed E-state index contributed by atoms with van der Waals surface area (Å²) >= 11 is 1.96. The maximum absolute atomic E-state index is 10.8. The molecule has 0 aromatic rings. The lowest BCUT2D eigenvalue weighted by Gasteiger charge is -2.17. The highest BCUT2D eigenvalue weighted by Gasteiger charge is 2.16. The molecule has 1 aliphatic heterocycles. The fraction of sp³-hybridized carbons (Fsp3) is 0.889. The first-order valence-electron chi connectivity index (χ1n) is 4.39. The lowest BCUT2D eigenvalue weighted by molar-refractivity contribution is -0.120. The molecule has 0 N–H and O–H groups in total. The smallest absolute Gasteiger partial charge is 0.132 e. The number of hydrogen-bond acceptors (Lipinski definition) is 2. The average molecular weight is 174 g/mol. The SMILES string of the molecule is CC.CC(=O)C1CCSCC1. The lowest BCUT2D eigenvalue weighted by atomic mass is 9.99. The Bertz CT molecular complexity index is 106. The van der Waals surface area contributed by atoms with Crippen LogP contribution in [-0.2, 0) is 4.79 Å². The highest BCUT2D eigenvalue weighted by molar-refractivity contribution is 7.99. The summed E-state index contributed by atoms with van der Waals surface area (Å²) in [5.41, 5.74) is 0. The van der Waals surface area contributed by atoms with E-state index in [9.17, 15) is 4.79 Å². The maximum atomic E-state index is 10.8. The molecule has 1 rings (SSSR count). The van der Waals surface area contributed by atoms with E-state index >= 15 is 0 Å². The minimum Gasteiger partial charge on any atom is -0.300 e. The van der Waals surface area contributed by atoms with E-state index in [2.05, 4.69) is 0 Å². The summed E-state index contributed by atoms with van der Waals surface area (Å²) in [6.07, 6.45) is 2.22. The topological polar surface area (TPSA) is 17.1 Å². The van der Waals surface area contributed by atoms with E-state index in [0.29, 0.717) is 11.7 Å².